The molecule has 1 unspecified atom stereocenters. The first-order chi connectivity index (χ1) is 13.6. The topological polar surface area (TPSA) is 80.0 Å². The Kier molecular flexibility index (Phi) is 3.84. The smallest absolute Gasteiger partial charge is 0.165 e. The van der Waals surface area contributed by atoms with Gasteiger partial charge in [0, 0.05) is 31.5 Å². The van der Waals surface area contributed by atoms with Gasteiger partial charge in [0.2, 0.25) is 0 Å². The predicted octanol–water partition coefficient (Wildman–Crippen LogP) is 2.52. The van der Waals surface area contributed by atoms with E-state index in [9.17, 15) is 5.11 Å². The molecule has 1 aliphatic heterocycles. The van der Waals surface area contributed by atoms with Gasteiger partial charge in [-0.2, -0.15) is 5.10 Å². The summed E-state index contributed by atoms with van der Waals surface area (Å²) >= 11 is 0. The normalized spacial score (nSPS) is 19.4. The van der Waals surface area contributed by atoms with Crippen LogP contribution in [0.4, 0.5) is 5.82 Å². The Morgan fingerprint density at radius 2 is 1.89 bits per heavy atom. The highest BCUT2D eigenvalue weighted by Crippen LogP contribution is 2.36. The zero-order chi connectivity index (χ0) is 19.1. The van der Waals surface area contributed by atoms with E-state index in [-0.39, 0.29) is 0 Å². The summed E-state index contributed by atoms with van der Waals surface area (Å²) in [6.07, 6.45) is 5.92. The number of hydrogen-bond donors (Lipinski definition) is 1. The molecule has 3 aromatic heterocycles. The van der Waals surface area contributed by atoms with Crippen LogP contribution in [-0.2, 0) is 12.6 Å². The van der Waals surface area contributed by atoms with Gasteiger partial charge in [-0.3, -0.25) is 9.67 Å². The fraction of sp³-hybridized carbons (Fsp3) is 0.238. The summed E-state index contributed by atoms with van der Waals surface area (Å²) in [7, 11) is 1.87. The van der Waals surface area contributed by atoms with E-state index in [1.165, 1.54) is 0 Å². The molecule has 0 bridgehead atoms. The first-order valence-electron chi connectivity index (χ1n) is 9.27. The Morgan fingerprint density at radius 1 is 1.04 bits per heavy atom. The Hall–Kier alpha value is -3.32. The molecular formula is C21H20N6O. The summed E-state index contributed by atoms with van der Waals surface area (Å²) in [6.45, 7) is 1.18. The molecule has 0 spiro atoms. The van der Waals surface area contributed by atoms with Gasteiger partial charge in [0.05, 0.1) is 18.1 Å². The predicted molar refractivity (Wildman–Crippen MR) is 107 cm³/mol. The van der Waals surface area contributed by atoms with Gasteiger partial charge in [-0.05, 0) is 24.1 Å². The van der Waals surface area contributed by atoms with Crippen LogP contribution in [0, 0.1) is 0 Å². The summed E-state index contributed by atoms with van der Waals surface area (Å²) in [5.41, 5.74) is 1.65. The van der Waals surface area contributed by atoms with Crippen LogP contribution in [0.3, 0.4) is 0 Å². The van der Waals surface area contributed by atoms with Crippen molar-refractivity contribution < 1.29 is 5.11 Å². The van der Waals surface area contributed by atoms with Crippen LogP contribution in [0.5, 0.6) is 0 Å². The molecular weight excluding hydrogens is 352 g/mol. The fourth-order valence-electron chi connectivity index (χ4n) is 3.83. The Labute approximate surface area is 162 Å². The van der Waals surface area contributed by atoms with Gasteiger partial charge in [0.1, 0.15) is 11.4 Å². The van der Waals surface area contributed by atoms with Gasteiger partial charge in [-0.25, -0.2) is 9.97 Å². The second-order valence-electron chi connectivity index (χ2n) is 7.19. The molecule has 1 saturated heterocycles. The van der Waals surface area contributed by atoms with Crippen molar-refractivity contribution >= 4 is 16.9 Å². The highest BCUT2D eigenvalue weighted by Gasteiger charge is 2.39. The van der Waals surface area contributed by atoms with Crippen molar-refractivity contribution in [3.8, 4) is 11.4 Å². The Morgan fingerprint density at radius 3 is 2.68 bits per heavy atom. The largest absolute Gasteiger partial charge is 0.383 e. The van der Waals surface area contributed by atoms with Crippen molar-refractivity contribution in [2.45, 2.75) is 12.0 Å². The van der Waals surface area contributed by atoms with Crippen molar-refractivity contribution in [3.05, 3.63) is 66.6 Å². The van der Waals surface area contributed by atoms with Gasteiger partial charge in [0.25, 0.3) is 0 Å². The maximum absolute atomic E-state index is 11.2. The van der Waals surface area contributed by atoms with Crippen LogP contribution < -0.4 is 4.90 Å². The Bertz CT molecular complexity index is 1130. The molecule has 1 aromatic carbocycles. The third-order valence-corrected chi connectivity index (χ3v) is 5.35. The Balaban J connectivity index is 1.59. The first-order valence-corrected chi connectivity index (χ1v) is 9.27. The number of aromatic nitrogens is 5. The van der Waals surface area contributed by atoms with Crippen molar-refractivity contribution in [1.29, 1.82) is 0 Å². The molecule has 140 valence electrons. The van der Waals surface area contributed by atoms with Gasteiger partial charge in [0.15, 0.2) is 11.5 Å². The molecule has 0 saturated carbocycles. The molecule has 7 nitrogen and oxygen atoms in total. The molecule has 5 rings (SSSR count). The van der Waals surface area contributed by atoms with E-state index < -0.39 is 5.60 Å². The lowest BCUT2D eigenvalue weighted by atomic mass is 9.93. The fourth-order valence-corrected chi connectivity index (χ4v) is 3.83. The van der Waals surface area contributed by atoms with Crippen LogP contribution in [0.25, 0.3) is 22.4 Å². The van der Waals surface area contributed by atoms with Gasteiger partial charge in [-0.15, -0.1) is 0 Å². The van der Waals surface area contributed by atoms with E-state index in [2.05, 4.69) is 15.0 Å². The first kappa shape index (κ1) is 16.8. The molecule has 1 aliphatic rings. The van der Waals surface area contributed by atoms with Crippen molar-refractivity contribution in [2.75, 3.05) is 18.0 Å². The van der Waals surface area contributed by atoms with E-state index >= 15 is 0 Å². The third-order valence-electron chi connectivity index (χ3n) is 5.35. The molecule has 4 heterocycles. The summed E-state index contributed by atoms with van der Waals surface area (Å²) in [5, 5.41) is 16.5. The number of aryl methyl sites for hydroxylation is 1. The molecule has 1 atom stereocenters. The summed E-state index contributed by atoms with van der Waals surface area (Å²) in [4.78, 5) is 15.8. The monoisotopic (exact) mass is 372 g/mol. The quantitative estimate of drug-likeness (QED) is 0.595. The number of pyridine rings is 1. The number of anilines is 1. The number of aliphatic hydroxyl groups is 1. The van der Waals surface area contributed by atoms with Crippen LogP contribution in [0.2, 0.25) is 0 Å². The number of fused-ring (bicyclic) bond motifs is 1. The average Bonchev–Trinajstić information content (AvgIpc) is 3.33. The third kappa shape index (κ3) is 2.71. The van der Waals surface area contributed by atoms with Gasteiger partial charge < -0.3 is 10.0 Å². The molecule has 1 fully saturated rings. The maximum Gasteiger partial charge on any atom is 0.165 e. The van der Waals surface area contributed by atoms with E-state index in [0.717, 1.165) is 28.0 Å². The number of hydrogen-bond acceptors (Lipinski definition) is 6. The van der Waals surface area contributed by atoms with Crippen molar-refractivity contribution in [3.63, 3.8) is 0 Å². The van der Waals surface area contributed by atoms with E-state index in [0.29, 0.717) is 25.3 Å². The SMILES string of the molecule is Cn1ncc2c(N3CCC(O)(c4ccccc4)C3)nc(-c3cccnc3)nc21. The molecule has 7 heteroatoms. The minimum Gasteiger partial charge on any atom is -0.383 e. The number of benzene rings is 1. The van der Waals surface area contributed by atoms with Crippen molar-refractivity contribution in [1.82, 2.24) is 24.7 Å². The lowest BCUT2D eigenvalue weighted by molar-refractivity contribution is 0.0606. The average molecular weight is 372 g/mol. The second-order valence-corrected chi connectivity index (χ2v) is 7.19. The lowest BCUT2D eigenvalue weighted by Crippen LogP contribution is -2.31. The zero-order valence-corrected chi connectivity index (χ0v) is 15.5. The van der Waals surface area contributed by atoms with E-state index in [1.54, 1.807) is 23.3 Å². The number of nitrogens with zero attached hydrogens (tertiary/aromatic N) is 6. The maximum atomic E-state index is 11.2. The standard InChI is InChI=1S/C21H20N6O/c1-26-19-17(13-23-26)20(25-18(24-19)15-6-5-10-22-12-15)27-11-9-21(28,14-27)16-7-3-2-4-8-16/h2-8,10,12-13,28H,9,11,14H2,1H3. The molecule has 0 amide bonds. The van der Waals surface area contributed by atoms with Gasteiger partial charge >= 0.3 is 0 Å². The summed E-state index contributed by atoms with van der Waals surface area (Å²) in [5.74, 6) is 1.40. The molecule has 1 N–H and O–H groups in total. The summed E-state index contributed by atoms with van der Waals surface area (Å²) in [6, 6.07) is 13.6. The van der Waals surface area contributed by atoms with Crippen molar-refractivity contribution in [2.24, 2.45) is 7.05 Å². The highest BCUT2D eigenvalue weighted by molar-refractivity contribution is 5.88. The number of β-amino-alcohol motifs (C(OH)–C–C–N with tert-alkyl or cyclic N) is 1. The minimum atomic E-state index is -0.894. The second kappa shape index (κ2) is 6.38. The highest BCUT2D eigenvalue weighted by atomic mass is 16.3. The molecule has 28 heavy (non-hydrogen) atoms. The number of rotatable bonds is 3. The minimum absolute atomic E-state index is 0.477. The summed E-state index contributed by atoms with van der Waals surface area (Å²) < 4.78 is 1.75. The van der Waals surface area contributed by atoms with Crippen LogP contribution in [-0.4, -0.2) is 42.9 Å². The lowest BCUT2D eigenvalue weighted by Gasteiger charge is -2.24. The van der Waals surface area contributed by atoms with Crippen LogP contribution >= 0.6 is 0 Å². The van der Waals surface area contributed by atoms with Crippen LogP contribution in [0.1, 0.15) is 12.0 Å². The van der Waals surface area contributed by atoms with Gasteiger partial charge in [-0.1, -0.05) is 30.3 Å². The zero-order valence-electron chi connectivity index (χ0n) is 15.5. The molecule has 4 aromatic rings. The molecule has 0 radical (unpaired) electrons. The van der Waals surface area contributed by atoms with E-state index in [1.807, 2.05) is 49.5 Å². The van der Waals surface area contributed by atoms with E-state index in [4.69, 9.17) is 9.97 Å². The van der Waals surface area contributed by atoms with Crippen LogP contribution in [0.15, 0.2) is 61.1 Å². The molecule has 0 aliphatic carbocycles.